The van der Waals surface area contributed by atoms with Gasteiger partial charge in [-0.15, -0.1) is 0 Å². The number of ether oxygens (including phenoxy) is 1. The number of carbonyl (C=O) groups excluding carboxylic acids is 1. The molecule has 2 rings (SSSR count). The number of benzene rings is 2. The average molecular weight is 344 g/mol. The maximum Gasteiger partial charge on any atom is 0.315 e. The van der Waals surface area contributed by atoms with Crippen molar-refractivity contribution in [1.82, 2.24) is 10.6 Å². The molecule has 0 aromatic heterocycles. The van der Waals surface area contributed by atoms with Crippen LogP contribution in [0, 0.1) is 5.82 Å². The van der Waals surface area contributed by atoms with E-state index in [1.54, 1.807) is 25.3 Å². The van der Waals surface area contributed by atoms with Gasteiger partial charge in [-0.2, -0.15) is 0 Å². The minimum Gasteiger partial charge on any atom is -0.380 e. The summed E-state index contributed by atoms with van der Waals surface area (Å²) in [5, 5.41) is 5.66. The van der Waals surface area contributed by atoms with E-state index in [4.69, 9.17) is 4.74 Å². The van der Waals surface area contributed by atoms with Crippen LogP contribution in [0.1, 0.15) is 30.5 Å². The zero-order valence-corrected chi connectivity index (χ0v) is 14.9. The third kappa shape index (κ3) is 5.29. The molecule has 0 spiro atoms. The molecule has 0 atom stereocenters. The molecule has 2 N–H and O–H groups in total. The van der Waals surface area contributed by atoms with Crippen molar-refractivity contribution in [1.29, 1.82) is 0 Å². The molecule has 0 radical (unpaired) electrons. The van der Waals surface area contributed by atoms with Gasteiger partial charge in [-0.05, 0) is 22.8 Å². The van der Waals surface area contributed by atoms with Gasteiger partial charge in [0.2, 0.25) is 0 Å². The minimum atomic E-state index is -0.503. The first kappa shape index (κ1) is 18.9. The number of halogens is 1. The van der Waals surface area contributed by atoms with Gasteiger partial charge in [0.1, 0.15) is 5.82 Å². The van der Waals surface area contributed by atoms with E-state index in [0.29, 0.717) is 25.3 Å². The third-order valence-electron chi connectivity index (χ3n) is 4.15. The molecule has 4 nitrogen and oxygen atoms in total. The van der Waals surface area contributed by atoms with Gasteiger partial charge in [0.15, 0.2) is 0 Å². The largest absolute Gasteiger partial charge is 0.380 e. The summed E-state index contributed by atoms with van der Waals surface area (Å²) in [6, 6.07) is 14.2. The average Bonchev–Trinajstić information content (AvgIpc) is 2.60. The van der Waals surface area contributed by atoms with Crippen LogP contribution in [0.4, 0.5) is 9.18 Å². The van der Waals surface area contributed by atoms with Crippen LogP contribution in [0.5, 0.6) is 0 Å². The molecule has 5 heteroatoms. The Kier molecular flexibility index (Phi) is 6.53. The predicted octanol–water partition coefficient (Wildman–Crippen LogP) is 3.75. The van der Waals surface area contributed by atoms with Crippen LogP contribution in [0.25, 0.3) is 0 Å². The molecule has 0 aliphatic carbocycles. The van der Waals surface area contributed by atoms with Crippen molar-refractivity contribution in [2.45, 2.75) is 32.4 Å². The monoisotopic (exact) mass is 344 g/mol. The molecule has 0 aliphatic rings. The fourth-order valence-corrected chi connectivity index (χ4v) is 2.67. The van der Waals surface area contributed by atoms with Crippen molar-refractivity contribution in [3.8, 4) is 0 Å². The second-order valence-corrected chi connectivity index (χ2v) is 6.60. The Morgan fingerprint density at radius 2 is 1.68 bits per heavy atom. The van der Waals surface area contributed by atoms with Crippen LogP contribution in [0.3, 0.4) is 0 Å². The van der Waals surface area contributed by atoms with Gasteiger partial charge in [0, 0.05) is 25.6 Å². The fraction of sp³-hybridized carbons (Fsp3) is 0.350. The van der Waals surface area contributed by atoms with E-state index in [1.165, 1.54) is 6.07 Å². The number of urea groups is 1. The van der Waals surface area contributed by atoms with Crippen LogP contribution in [-0.4, -0.2) is 19.7 Å². The second kappa shape index (κ2) is 8.62. The van der Waals surface area contributed by atoms with E-state index in [0.717, 1.165) is 11.1 Å². The van der Waals surface area contributed by atoms with E-state index < -0.39 is 5.41 Å². The van der Waals surface area contributed by atoms with Gasteiger partial charge in [-0.3, -0.25) is 0 Å². The number of rotatable bonds is 7. The molecule has 0 fully saturated rings. The van der Waals surface area contributed by atoms with Gasteiger partial charge in [-0.1, -0.05) is 56.3 Å². The van der Waals surface area contributed by atoms with Crippen LogP contribution in [0.2, 0.25) is 0 Å². The first-order valence-electron chi connectivity index (χ1n) is 8.26. The molecule has 2 aromatic rings. The fourth-order valence-electron chi connectivity index (χ4n) is 2.67. The van der Waals surface area contributed by atoms with Gasteiger partial charge >= 0.3 is 6.03 Å². The zero-order valence-electron chi connectivity index (χ0n) is 14.9. The van der Waals surface area contributed by atoms with Crippen molar-refractivity contribution >= 4 is 6.03 Å². The predicted molar refractivity (Wildman–Crippen MR) is 96.8 cm³/mol. The normalized spacial score (nSPS) is 11.2. The van der Waals surface area contributed by atoms with Crippen molar-refractivity contribution in [3.63, 3.8) is 0 Å². The first-order valence-corrected chi connectivity index (χ1v) is 8.26. The maximum absolute atomic E-state index is 14.0. The summed E-state index contributed by atoms with van der Waals surface area (Å²) in [4.78, 5) is 12.1. The SMILES string of the molecule is COCc1ccccc1CNC(=O)NCC(C)(C)c1ccccc1F. The Bertz CT molecular complexity index is 716. The number of hydrogen-bond acceptors (Lipinski definition) is 2. The number of hydrogen-bond donors (Lipinski definition) is 2. The van der Waals surface area contributed by atoms with Crippen molar-refractivity contribution < 1.29 is 13.9 Å². The molecule has 0 heterocycles. The number of amides is 2. The van der Waals surface area contributed by atoms with E-state index in [-0.39, 0.29) is 11.8 Å². The van der Waals surface area contributed by atoms with Crippen molar-refractivity contribution in [2.75, 3.05) is 13.7 Å². The molecule has 0 saturated carbocycles. The Balaban J connectivity index is 1.90. The summed E-state index contributed by atoms with van der Waals surface area (Å²) >= 11 is 0. The molecular weight excluding hydrogens is 319 g/mol. The van der Waals surface area contributed by atoms with Crippen molar-refractivity contribution in [2.24, 2.45) is 0 Å². The Morgan fingerprint density at radius 1 is 1.04 bits per heavy atom. The quantitative estimate of drug-likeness (QED) is 0.804. The lowest BCUT2D eigenvalue weighted by atomic mass is 9.84. The molecular formula is C20H25FN2O2. The standard InChI is InChI=1S/C20H25FN2O2/c1-20(2,17-10-6-7-11-18(17)21)14-23-19(24)22-12-15-8-4-5-9-16(15)13-25-3/h4-11H,12-14H2,1-3H3,(H2,22,23,24). The van der Waals surface area contributed by atoms with E-state index in [1.807, 2.05) is 38.1 Å². The minimum absolute atomic E-state index is 0.261. The summed E-state index contributed by atoms with van der Waals surface area (Å²) in [6.45, 7) is 5.05. The second-order valence-electron chi connectivity index (χ2n) is 6.60. The van der Waals surface area contributed by atoms with E-state index >= 15 is 0 Å². The Labute approximate surface area is 148 Å². The zero-order chi connectivity index (χ0) is 18.3. The number of nitrogens with one attached hydrogen (secondary N) is 2. The highest BCUT2D eigenvalue weighted by Gasteiger charge is 2.24. The summed E-state index contributed by atoms with van der Waals surface area (Å²) in [5.74, 6) is -0.261. The highest BCUT2D eigenvalue weighted by molar-refractivity contribution is 5.74. The molecule has 0 unspecified atom stereocenters. The number of methoxy groups -OCH3 is 1. The summed E-state index contributed by atoms with van der Waals surface area (Å²) < 4.78 is 19.1. The summed E-state index contributed by atoms with van der Waals surface area (Å²) in [5.41, 5.74) is 2.13. The van der Waals surface area contributed by atoms with Crippen LogP contribution >= 0.6 is 0 Å². The molecule has 0 saturated heterocycles. The van der Waals surface area contributed by atoms with Gasteiger partial charge in [0.05, 0.1) is 6.61 Å². The molecule has 2 aromatic carbocycles. The smallest absolute Gasteiger partial charge is 0.315 e. The van der Waals surface area contributed by atoms with E-state index in [9.17, 15) is 9.18 Å². The van der Waals surface area contributed by atoms with Gasteiger partial charge in [-0.25, -0.2) is 9.18 Å². The van der Waals surface area contributed by atoms with Crippen molar-refractivity contribution in [3.05, 3.63) is 71.0 Å². The lowest BCUT2D eigenvalue weighted by Crippen LogP contribution is -2.42. The van der Waals surface area contributed by atoms with Crippen LogP contribution in [-0.2, 0) is 23.3 Å². The third-order valence-corrected chi connectivity index (χ3v) is 4.15. The lowest BCUT2D eigenvalue weighted by Gasteiger charge is -2.26. The Morgan fingerprint density at radius 3 is 2.36 bits per heavy atom. The van der Waals surface area contributed by atoms with Gasteiger partial charge in [0.25, 0.3) is 0 Å². The van der Waals surface area contributed by atoms with Gasteiger partial charge < -0.3 is 15.4 Å². The lowest BCUT2D eigenvalue weighted by molar-refractivity contribution is 0.184. The first-order chi connectivity index (χ1) is 11.9. The molecule has 25 heavy (non-hydrogen) atoms. The topological polar surface area (TPSA) is 50.4 Å². The number of carbonyl (C=O) groups is 1. The van der Waals surface area contributed by atoms with Crippen LogP contribution in [0.15, 0.2) is 48.5 Å². The highest BCUT2D eigenvalue weighted by Crippen LogP contribution is 2.24. The highest BCUT2D eigenvalue weighted by atomic mass is 19.1. The molecule has 2 amide bonds. The summed E-state index contributed by atoms with van der Waals surface area (Å²) in [6.07, 6.45) is 0. The maximum atomic E-state index is 14.0. The van der Waals surface area contributed by atoms with Crippen LogP contribution < -0.4 is 10.6 Å². The summed E-state index contributed by atoms with van der Waals surface area (Å²) in [7, 11) is 1.64. The Hall–Kier alpha value is -2.40. The molecule has 134 valence electrons. The molecule has 0 bridgehead atoms. The van der Waals surface area contributed by atoms with E-state index in [2.05, 4.69) is 10.6 Å². The molecule has 0 aliphatic heterocycles.